The molecule has 0 spiro atoms. The molecule has 0 bridgehead atoms. The summed E-state index contributed by atoms with van der Waals surface area (Å²) < 4.78 is 4.83. The zero-order valence-corrected chi connectivity index (χ0v) is 25.4. The number of amides is 3. The van der Waals surface area contributed by atoms with Crippen molar-refractivity contribution in [3.63, 3.8) is 0 Å². The van der Waals surface area contributed by atoms with Crippen molar-refractivity contribution in [1.82, 2.24) is 15.3 Å². The molecule has 246 valence electrons. The van der Waals surface area contributed by atoms with E-state index in [0.29, 0.717) is 23.1 Å². The topological polar surface area (TPSA) is 241 Å². The van der Waals surface area contributed by atoms with Gasteiger partial charge in [0.1, 0.15) is 0 Å². The molecule has 0 fully saturated rings. The van der Waals surface area contributed by atoms with Crippen LogP contribution in [0.25, 0.3) is 11.0 Å². The smallest absolute Gasteiger partial charge is 0.335 e. The van der Waals surface area contributed by atoms with E-state index in [9.17, 15) is 38.7 Å². The maximum absolute atomic E-state index is 12.9. The van der Waals surface area contributed by atoms with E-state index in [-0.39, 0.29) is 41.2 Å². The van der Waals surface area contributed by atoms with Gasteiger partial charge in [0, 0.05) is 35.1 Å². The highest BCUT2D eigenvalue weighted by molar-refractivity contribution is 6.10. The van der Waals surface area contributed by atoms with E-state index in [1.807, 2.05) is 0 Å². The number of ether oxygens (including phenoxy) is 1. The van der Waals surface area contributed by atoms with Gasteiger partial charge in [-0.1, -0.05) is 6.58 Å². The molecule has 1 atom stereocenters. The molecule has 0 aliphatic heterocycles. The van der Waals surface area contributed by atoms with Gasteiger partial charge in [-0.15, -0.1) is 0 Å². The van der Waals surface area contributed by atoms with E-state index in [0.717, 1.165) is 12.1 Å². The number of nitrogens with zero attached hydrogens (tertiary/aromatic N) is 2. The van der Waals surface area contributed by atoms with Crippen LogP contribution < -0.4 is 21.6 Å². The van der Waals surface area contributed by atoms with Crippen LogP contribution in [0.5, 0.6) is 0 Å². The molecule has 1 heterocycles. The number of benzene rings is 3. The summed E-state index contributed by atoms with van der Waals surface area (Å²) >= 11 is 0. The first-order valence-corrected chi connectivity index (χ1v) is 14.2. The third-order valence-electron chi connectivity index (χ3n) is 6.55. The van der Waals surface area contributed by atoms with Crippen molar-refractivity contribution >= 4 is 63.5 Å². The van der Waals surface area contributed by atoms with Crippen LogP contribution in [-0.2, 0) is 19.1 Å². The lowest BCUT2D eigenvalue weighted by Crippen LogP contribution is -2.31. The first kappa shape index (κ1) is 34.2. The summed E-state index contributed by atoms with van der Waals surface area (Å²) in [6, 6.07) is 12.5. The van der Waals surface area contributed by atoms with Gasteiger partial charge in [-0.3, -0.25) is 19.2 Å². The molecule has 4 rings (SSSR count). The Balaban J connectivity index is 1.39. The van der Waals surface area contributed by atoms with Gasteiger partial charge in [-0.25, -0.2) is 14.4 Å². The van der Waals surface area contributed by atoms with Crippen LogP contribution in [0.4, 0.5) is 17.1 Å². The molecule has 0 radical (unpaired) electrons. The molecule has 1 unspecified atom stereocenters. The number of imidazole rings is 1. The number of aromatic carboxylic acids is 1. The maximum atomic E-state index is 12.9. The number of anilines is 2. The number of carbonyl (C=O) groups is 6. The molecular weight excluding hydrogens is 626 g/mol. The zero-order valence-electron chi connectivity index (χ0n) is 25.4. The molecule has 48 heavy (non-hydrogen) atoms. The van der Waals surface area contributed by atoms with Gasteiger partial charge < -0.3 is 35.8 Å². The number of hydrogen-bond acceptors (Lipinski definition) is 10. The van der Waals surface area contributed by atoms with Gasteiger partial charge in [-0.05, 0) is 74.0 Å². The van der Waals surface area contributed by atoms with Crippen molar-refractivity contribution in [2.45, 2.75) is 19.4 Å². The first-order chi connectivity index (χ1) is 22.9. The van der Waals surface area contributed by atoms with Crippen LogP contribution in [0, 0.1) is 0 Å². The van der Waals surface area contributed by atoms with E-state index in [1.165, 1.54) is 49.4 Å². The van der Waals surface area contributed by atoms with E-state index >= 15 is 0 Å². The molecular formula is C32H29N7O9. The van der Waals surface area contributed by atoms with Crippen LogP contribution >= 0.6 is 0 Å². The molecule has 0 saturated carbocycles. The van der Waals surface area contributed by atoms with E-state index in [2.05, 4.69) is 42.7 Å². The van der Waals surface area contributed by atoms with Crippen molar-refractivity contribution in [1.29, 1.82) is 0 Å². The Morgan fingerprint density at radius 1 is 0.875 bits per heavy atom. The number of azo groups is 1. The fourth-order valence-corrected chi connectivity index (χ4v) is 4.21. The molecule has 0 aliphatic rings. The number of rotatable bonds is 14. The fraction of sp³-hybridized carbons (Fsp3) is 0.156. The lowest BCUT2D eigenvalue weighted by molar-refractivity contribution is -0.137. The quantitative estimate of drug-likeness (QED) is 0.0383. The summed E-state index contributed by atoms with van der Waals surface area (Å²) in [6.07, 6.45) is 1.32. The third kappa shape index (κ3) is 9.16. The average Bonchev–Trinajstić information content (AvgIpc) is 3.43. The van der Waals surface area contributed by atoms with Gasteiger partial charge in [0.2, 0.25) is 6.04 Å². The largest absolute Gasteiger partial charge is 0.478 e. The van der Waals surface area contributed by atoms with Crippen molar-refractivity contribution in [2.24, 2.45) is 10.2 Å². The summed E-state index contributed by atoms with van der Waals surface area (Å²) in [5, 5.41) is 25.1. The Kier molecular flexibility index (Phi) is 11.1. The predicted octanol–water partition coefficient (Wildman–Crippen LogP) is 3.34. The Morgan fingerprint density at radius 2 is 1.58 bits per heavy atom. The summed E-state index contributed by atoms with van der Waals surface area (Å²) in [6.45, 7) is 4.65. The Labute approximate surface area is 271 Å². The molecule has 3 aromatic carbocycles. The molecule has 3 amide bonds. The average molecular weight is 656 g/mol. The van der Waals surface area contributed by atoms with Crippen molar-refractivity contribution in [2.75, 3.05) is 23.8 Å². The standard InChI is InChI=1S/C32H29N7O9/c1-3-26(41)48-12-4-11-33-28(42)19-13-20(31(45)46)15-23(14-19)35-29(43)18-5-7-21(8-6-18)38-39-27(17(2)40)30(44)34-22-9-10-24-25(16-22)37-32(47)36-24/h3,5-10,13-16,27H,1,4,11-12H2,2H3,(H,33,42)(H,34,44)(H,35,43)(H,45,46)(H2,36,37,47)/b39-38+. The minimum absolute atomic E-state index is 0.0203. The van der Waals surface area contributed by atoms with Crippen LogP contribution in [-0.4, -0.2) is 69.7 Å². The third-order valence-corrected chi connectivity index (χ3v) is 6.55. The van der Waals surface area contributed by atoms with E-state index < -0.39 is 47.2 Å². The first-order valence-electron chi connectivity index (χ1n) is 14.2. The molecule has 6 N–H and O–H groups in total. The molecule has 16 heteroatoms. The van der Waals surface area contributed by atoms with Gasteiger partial charge in [0.25, 0.3) is 17.7 Å². The zero-order chi connectivity index (χ0) is 34.8. The number of H-pyrrole nitrogens is 2. The number of aromatic amines is 2. The SMILES string of the molecule is C=CC(=O)OCCCNC(=O)c1cc(NC(=O)c2ccc(/N=N/C(C(C)=O)C(=O)Nc3ccc4[nH]c(=O)[nH]c4c3)cc2)cc(C(=O)O)c1. The minimum Gasteiger partial charge on any atom is -0.478 e. The van der Waals surface area contributed by atoms with Gasteiger partial charge >= 0.3 is 17.6 Å². The number of esters is 1. The molecule has 0 saturated heterocycles. The Bertz CT molecular complexity index is 1990. The number of nitrogens with one attached hydrogen (secondary N) is 5. The number of carboxylic acids is 1. The second kappa shape index (κ2) is 15.5. The number of Topliss-reactive ketones (excluding diaryl/α,β-unsaturated/α-hetero) is 1. The van der Waals surface area contributed by atoms with Crippen molar-refractivity contribution in [3.05, 3.63) is 100 Å². The highest BCUT2D eigenvalue weighted by Crippen LogP contribution is 2.20. The minimum atomic E-state index is -1.48. The van der Waals surface area contributed by atoms with Crippen molar-refractivity contribution in [3.8, 4) is 0 Å². The summed E-state index contributed by atoms with van der Waals surface area (Å²) in [5.74, 6) is -4.46. The van der Waals surface area contributed by atoms with Crippen LogP contribution in [0.2, 0.25) is 0 Å². The normalized spacial score (nSPS) is 11.4. The molecule has 0 aliphatic carbocycles. The Hall–Kier alpha value is -6.71. The summed E-state index contributed by atoms with van der Waals surface area (Å²) in [5.41, 5.74) is 1.07. The molecule has 4 aromatic rings. The maximum Gasteiger partial charge on any atom is 0.335 e. The van der Waals surface area contributed by atoms with Crippen LogP contribution in [0.3, 0.4) is 0 Å². The number of fused-ring (bicyclic) bond motifs is 1. The van der Waals surface area contributed by atoms with Gasteiger partial charge in [-0.2, -0.15) is 10.2 Å². The number of carboxylic acid groups (broad SMARTS) is 1. The number of ketones is 1. The van der Waals surface area contributed by atoms with E-state index in [1.54, 1.807) is 12.1 Å². The van der Waals surface area contributed by atoms with Crippen molar-refractivity contribution < 1.29 is 38.6 Å². The summed E-state index contributed by atoms with van der Waals surface area (Å²) in [4.78, 5) is 89.9. The lowest BCUT2D eigenvalue weighted by Gasteiger charge is -2.11. The van der Waals surface area contributed by atoms with E-state index in [4.69, 9.17) is 4.74 Å². The van der Waals surface area contributed by atoms with Gasteiger partial charge in [0.05, 0.1) is 28.9 Å². The highest BCUT2D eigenvalue weighted by Gasteiger charge is 2.23. The van der Waals surface area contributed by atoms with Gasteiger partial charge in [0.15, 0.2) is 5.78 Å². The van der Waals surface area contributed by atoms with Crippen LogP contribution in [0.15, 0.2) is 88.3 Å². The monoisotopic (exact) mass is 655 g/mol. The highest BCUT2D eigenvalue weighted by atomic mass is 16.5. The predicted molar refractivity (Wildman–Crippen MR) is 172 cm³/mol. The molecule has 16 nitrogen and oxygen atoms in total. The van der Waals surface area contributed by atoms with Crippen LogP contribution in [0.1, 0.15) is 44.4 Å². The fourth-order valence-electron chi connectivity index (χ4n) is 4.21. The number of aromatic nitrogens is 2. The lowest BCUT2D eigenvalue weighted by atomic mass is 10.1. The molecule has 1 aromatic heterocycles. The number of carbonyl (C=O) groups excluding carboxylic acids is 5. The second-order valence-electron chi connectivity index (χ2n) is 10.1. The number of hydrogen-bond donors (Lipinski definition) is 6. The second-order valence-corrected chi connectivity index (χ2v) is 10.1. The summed E-state index contributed by atoms with van der Waals surface area (Å²) in [7, 11) is 0. The Morgan fingerprint density at radius 3 is 2.27 bits per heavy atom.